The van der Waals surface area contributed by atoms with Crippen LogP contribution in [0, 0.1) is 12.3 Å². The molecule has 0 bridgehead atoms. The second-order valence-electron chi connectivity index (χ2n) is 5.90. The van der Waals surface area contributed by atoms with Crippen molar-refractivity contribution in [1.29, 1.82) is 0 Å². The summed E-state index contributed by atoms with van der Waals surface area (Å²) >= 11 is 5.72. The lowest BCUT2D eigenvalue weighted by Crippen LogP contribution is -2.32. The first-order valence-corrected chi connectivity index (χ1v) is 8.90. The van der Waals surface area contributed by atoms with Crippen molar-refractivity contribution in [3.05, 3.63) is 29.3 Å². The Kier molecular flexibility index (Phi) is 7.15. The Labute approximate surface area is 153 Å². The van der Waals surface area contributed by atoms with Gasteiger partial charge in [0.1, 0.15) is 11.6 Å². The van der Waals surface area contributed by atoms with Crippen molar-refractivity contribution in [1.82, 2.24) is 10.2 Å². The summed E-state index contributed by atoms with van der Waals surface area (Å²) < 4.78 is 5.44. The van der Waals surface area contributed by atoms with Gasteiger partial charge < -0.3 is 15.0 Å². The molecule has 5 nitrogen and oxygen atoms in total. The van der Waals surface area contributed by atoms with Crippen LogP contribution in [-0.4, -0.2) is 42.8 Å². The Balaban J connectivity index is 2.21. The van der Waals surface area contributed by atoms with Crippen LogP contribution in [0.25, 0.3) is 0 Å². The van der Waals surface area contributed by atoms with Gasteiger partial charge in [-0.15, -0.1) is 23.9 Å². The van der Waals surface area contributed by atoms with Crippen LogP contribution in [0.3, 0.4) is 0 Å². The van der Waals surface area contributed by atoms with Crippen LogP contribution in [0.15, 0.2) is 18.2 Å². The fourth-order valence-corrected chi connectivity index (χ4v) is 3.25. The number of ether oxygens (including phenoxy) is 1. The normalized spacial score (nSPS) is 16.4. The molecular formula is C19H23ClN2O3. The number of halogens is 1. The molecule has 1 aliphatic heterocycles. The number of alkyl halides is 1. The maximum atomic E-state index is 12.3. The number of hydrogen-bond acceptors (Lipinski definition) is 3. The summed E-state index contributed by atoms with van der Waals surface area (Å²) in [6.07, 6.45) is 8.31. The van der Waals surface area contributed by atoms with Gasteiger partial charge >= 0.3 is 0 Å². The van der Waals surface area contributed by atoms with Crippen molar-refractivity contribution in [3.8, 4) is 18.1 Å². The van der Waals surface area contributed by atoms with Gasteiger partial charge in [-0.3, -0.25) is 9.59 Å². The third-order valence-corrected chi connectivity index (χ3v) is 4.55. The number of likely N-dealkylation sites (tertiary alicyclic amines) is 1. The molecular weight excluding hydrogens is 340 g/mol. The fraction of sp³-hybridized carbons (Fsp3) is 0.474. The molecule has 1 heterocycles. The summed E-state index contributed by atoms with van der Waals surface area (Å²) in [5.41, 5.74) is 1.39. The average molecular weight is 363 g/mol. The van der Waals surface area contributed by atoms with Crippen LogP contribution < -0.4 is 10.1 Å². The van der Waals surface area contributed by atoms with Gasteiger partial charge in [-0.25, -0.2) is 0 Å². The monoisotopic (exact) mass is 362 g/mol. The Morgan fingerprint density at radius 1 is 1.48 bits per heavy atom. The molecule has 1 aromatic rings. The van der Waals surface area contributed by atoms with E-state index in [2.05, 4.69) is 11.2 Å². The molecule has 1 fully saturated rings. The highest BCUT2D eigenvalue weighted by molar-refractivity contribution is 6.27. The van der Waals surface area contributed by atoms with Crippen molar-refractivity contribution in [2.24, 2.45) is 0 Å². The van der Waals surface area contributed by atoms with E-state index in [1.807, 2.05) is 0 Å². The first-order valence-electron chi connectivity index (χ1n) is 8.37. The number of carbonyl (C=O) groups excluding carboxylic acids is 2. The second kappa shape index (κ2) is 9.33. The number of terminal acetylenes is 1. The molecule has 25 heavy (non-hydrogen) atoms. The fourth-order valence-electron chi connectivity index (χ4n) is 3.10. The molecule has 0 spiro atoms. The van der Waals surface area contributed by atoms with E-state index < -0.39 is 0 Å². The molecule has 0 aliphatic carbocycles. The summed E-state index contributed by atoms with van der Waals surface area (Å²) in [5, 5.41) is 2.86. The highest BCUT2D eigenvalue weighted by Crippen LogP contribution is 2.37. The molecule has 1 saturated heterocycles. The van der Waals surface area contributed by atoms with Crippen molar-refractivity contribution < 1.29 is 14.3 Å². The van der Waals surface area contributed by atoms with Crippen molar-refractivity contribution >= 4 is 23.4 Å². The smallest absolute Gasteiger partial charge is 0.251 e. The van der Waals surface area contributed by atoms with Gasteiger partial charge in [0.15, 0.2) is 0 Å². The SMILES string of the molecule is C#CCCCNC(=O)c1ccc(OC)c([C@@H]2CCCN2C(=O)CCl)c1. The number of amides is 2. The van der Waals surface area contributed by atoms with Crippen LogP contribution in [0.5, 0.6) is 5.75 Å². The zero-order valence-electron chi connectivity index (χ0n) is 14.4. The second-order valence-corrected chi connectivity index (χ2v) is 6.17. The van der Waals surface area contributed by atoms with E-state index in [1.54, 1.807) is 30.2 Å². The zero-order valence-corrected chi connectivity index (χ0v) is 15.1. The Morgan fingerprint density at radius 3 is 2.96 bits per heavy atom. The number of rotatable bonds is 7. The van der Waals surface area contributed by atoms with E-state index >= 15 is 0 Å². The Morgan fingerprint density at radius 2 is 2.28 bits per heavy atom. The molecule has 0 radical (unpaired) electrons. The first kappa shape index (κ1) is 19.1. The summed E-state index contributed by atoms with van der Waals surface area (Å²) in [6, 6.07) is 5.18. The molecule has 1 atom stereocenters. The molecule has 0 saturated carbocycles. The minimum Gasteiger partial charge on any atom is -0.496 e. The molecule has 1 aromatic carbocycles. The van der Waals surface area contributed by atoms with E-state index in [1.165, 1.54) is 0 Å². The maximum Gasteiger partial charge on any atom is 0.251 e. The number of hydrogen-bond donors (Lipinski definition) is 1. The van der Waals surface area contributed by atoms with Crippen LogP contribution in [-0.2, 0) is 4.79 Å². The average Bonchev–Trinajstić information content (AvgIpc) is 3.13. The molecule has 0 unspecified atom stereocenters. The van der Waals surface area contributed by atoms with Gasteiger partial charge in [-0.1, -0.05) is 0 Å². The summed E-state index contributed by atoms with van der Waals surface area (Å²) in [7, 11) is 1.58. The predicted octanol–water partition coefficient (Wildman–Crippen LogP) is 2.74. The van der Waals surface area contributed by atoms with Crippen LogP contribution >= 0.6 is 11.6 Å². The predicted molar refractivity (Wildman–Crippen MR) is 97.8 cm³/mol. The quantitative estimate of drug-likeness (QED) is 0.461. The minimum absolute atomic E-state index is 0.0474. The third kappa shape index (κ3) is 4.67. The molecule has 134 valence electrons. The van der Waals surface area contributed by atoms with Crippen LogP contribution in [0.1, 0.15) is 47.6 Å². The Bertz CT molecular complexity index is 669. The number of carbonyl (C=O) groups is 2. The molecule has 6 heteroatoms. The lowest BCUT2D eigenvalue weighted by molar-refractivity contribution is -0.129. The zero-order chi connectivity index (χ0) is 18.2. The third-order valence-electron chi connectivity index (χ3n) is 4.32. The van der Waals surface area contributed by atoms with Gasteiger partial charge in [0, 0.05) is 30.6 Å². The lowest BCUT2D eigenvalue weighted by Gasteiger charge is -2.26. The maximum absolute atomic E-state index is 12.3. The van der Waals surface area contributed by atoms with Gasteiger partial charge in [0.05, 0.1) is 13.2 Å². The van der Waals surface area contributed by atoms with Gasteiger partial charge in [-0.2, -0.15) is 0 Å². The molecule has 1 aliphatic rings. The Hall–Kier alpha value is -2.19. The number of nitrogens with one attached hydrogen (secondary N) is 1. The molecule has 2 rings (SSSR count). The number of unbranched alkanes of at least 4 members (excludes halogenated alkanes) is 1. The summed E-state index contributed by atoms with van der Waals surface area (Å²) in [5.74, 6) is 2.91. The van der Waals surface area contributed by atoms with Crippen molar-refractivity contribution in [2.75, 3.05) is 26.1 Å². The first-order chi connectivity index (χ1) is 12.1. The summed E-state index contributed by atoms with van der Waals surface area (Å²) in [6.45, 7) is 1.20. The van der Waals surface area contributed by atoms with Crippen molar-refractivity contribution in [3.63, 3.8) is 0 Å². The van der Waals surface area contributed by atoms with E-state index in [4.69, 9.17) is 22.8 Å². The number of methoxy groups -OCH3 is 1. The van der Waals surface area contributed by atoms with Gasteiger partial charge in [0.2, 0.25) is 5.91 Å². The number of benzene rings is 1. The molecule has 2 amide bonds. The van der Waals surface area contributed by atoms with E-state index in [0.717, 1.165) is 24.8 Å². The van der Waals surface area contributed by atoms with Gasteiger partial charge in [0.25, 0.3) is 5.91 Å². The topological polar surface area (TPSA) is 58.6 Å². The minimum atomic E-state index is -0.158. The van der Waals surface area contributed by atoms with E-state index in [9.17, 15) is 9.59 Å². The van der Waals surface area contributed by atoms with E-state index in [0.29, 0.717) is 30.8 Å². The number of nitrogens with zero attached hydrogens (tertiary/aromatic N) is 1. The lowest BCUT2D eigenvalue weighted by atomic mass is 10.00. The standard InChI is InChI=1S/C19H23ClN2O3/c1-3-4-5-10-21-19(24)14-8-9-17(25-2)15(12-14)16-7-6-11-22(16)18(23)13-20/h1,8-9,12,16H,4-7,10-11,13H2,2H3,(H,21,24)/t16-/m0/s1. The summed E-state index contributed by atoms with van der Waals surface area (Å²) in [4.78, 5) is 26.2. The highest BCUT2D eigenvalue weighted by Gasteiger charge is 2.31. The largest absolute Gasteiger partial charge is 0.496 e. The van der Waals surface area contributed by atoms with E-state index in [-0.39, 0.29) is 23.7 Å². The molecule has 0 aromatic heterocycles. The van der Waals surface area contributed by atoms with Crippen molar-refractivity contribution in [2.45, 2.75) is 31.7 Å². The van der Waals surface area contributed by atoms with Crippen LogP contribution in [0.2, 0.25) is 0 Å². The van der Waals surface area contributed by atoms with Crippen LogP contribution in [0.4, 0.5) is 0 Å². The molecule has 1 N–H and O–H groups in total. The van der Waals surface area contributed by atoms with Gasteiger partial charge in [-0.05, 0) is 37.5 Å². The highest BCUT2D eigenvalue weighted by atomic mass is 35.5.